The minimum Gasteiger partial charge on any atom is -0.486 e. The van der Waals surface area contributed by atoms with Crippen LogP contribution in [0.3, 0.4) is 0 Å². The summed E-state index contributed by atoms with van der Waals surface area (Å²) in [7, 11) is 0. The van der Waals surface area contributed by atoms with E-state index in [9.17, 15) is 4.79 Å². The fourth-order valence-corrected chi connectivity index (χ4v) is 1.92. The molecule has 1 aliphatic carbocycles. The molecule has 1 heterocycles. The lowest BCUT2D eigenvalue weighted by molar-refractivity contribution is 0.0975. The van der Waals surface area contributed by atoms with Crippen LogP contribution in [0.5, 0.6) is 11.5 Å². The molecule has 1 fully saturated rings. The van der Waals surface area contributed by atoms with Gasteiger partial charge in [0.15, 0.2) is 17.3 Å². The van der Waals surface area contributed by atoms with E-state index in [1.165, 1.54) is 12.8 Å². The topological polar surface area (TPSA) is 35.5 Å². The molecule has 0 atom stereocenters. The number of rotatable bonds is 3. The largest absolute Gasteiger partial charge is 0.486 e. The van der Waals surface area contributed by atoms with Crippen molar-refractivity contribution in [2.75, 3.05) is 13.2 Å². The van der Waals surface area contributed by atoms with Gasteiger partial charge in [-0.05, 0) is 37.0 Å². The number of Topliss-reactive ketones (excluding diaryl/α,β-unsaturated/α-hetero) is 1. The van der Waals surface area contributed by atoms with Crippen LogP contribution in [-0.4, -0.2) is 19.0 Å². The summed E-state index contributed by atoms with van der Waals surface area (Å²) in [5.74, 6) is 2.29. The monoisotopic (exact) mass is 218 g/mol. The molecule has 0 aromatic heterocycles. The normalized spacial score (nSPS) is 18.2. The zero-order chi connectivity index (χ0) is 11.0. The molecular weight excluding hydrogens is 204 g/mol. The Kier molecular flexibility index (Phi) is 2.31. The van der Waals surface area contributed by atoms with Gasteiger partial charge in [0.25, 0.3) is 0 Å². The Balaban J connectivity index is 1.81. The average molecular weight is 218 g/mol. The highest BCUT2D eigenvalue weighted by Gasteiger charge is 2.25. The molecule has 84 valence electrons. The van der Waals surface area contributed by atoms with Crippen LogP contribution in [0, 0.1) is 5.92 Å². The maximum atomic E-state index is 11.9. The lowest BCUT2D eigenvalue weighted by atomic mass is 10.1. The quantitative estimate of drug-likeness (QED) is 0.731. The number of benzene rings is 1. The number of hydrogen-bond donors (Lipinski definition) is 0. The van der Waals surface area contributed by atoms with Crippen molar-refractivity contribution >= 4 is 5.78 Å². The second-order valence-electron chi connectivity index (χ2n) is 4.43. The van der Waals surface area contributed by atoms with Gasteiger partial charge in [-0.2, -0.15) is 0 Å². The highest BCUT2D eigenvalue weighted by Crippen LogP contribution is 2.35. The van der Waals surface area contributed by atoms with E-state index in [0.717, 1.165) is 11.3 Å². The fraction of sp³-hybridized carbons (Fsp3) is 0.462. The van der Waals surface area contributed by atoms with Gasteiger partial charge in [0.1, 0.15) is 13.2 Å². The van der Waals surface area contributed by atoms with E-state index < -0.39 is 0 Å². The number of ketones is 1. The highest BCUT2D eigenvalue weighted by molar-refractivity contribution is 5.97. The first-order valence-corrected chi connectivity index (χ1v) is 5.76. The van der Waals surface area contributed by atoms with E-state index in [1.807, 2.05) is 12.1 Å². The molecule has 1 aliphatic heterocycles. The van der Waals surface area contributed by atoms with Gasteiger partial charge in [0.2, 0.25) is 0 Å². The van der Waals surface area contributed by atoms with Crippen molar-refractivity contribution in [3.63, 3.8) is 0 Å². The van der Waals surface area contributed by atoms with Crippen molar-refractivity contribution in [2.45, 2.75) is 19.3 Å². The molecule has 1 saturated carbocycles. The van der Waals surface area contributed by atoms with Crippen LogP contribution >= 0.6 is 0 Å². The van der Waals surface area contributed by atoms with Crippen molar-refractivity contribution in [2.24, 2.45) is 5.92 Å². The van der Waals surface area contributed by atoms with Crippen LogP contribution in [-0.2, 0) is 0 Å². The second-order valence-corrected chi connectivity index (χ2v) is 4.43. The third-order valence-electron chi connectivity index (χ3n) is 3.04. The maximum Gasteiger partial charge on any atom is 0.163 e. The minimum atomic E-state index is 0.222. The van der Waals surface area contributed by atoms with Gasteiger partial charge in [-0.15, -0.1) is 0 Å². The Morgan fingerprint density at radius 3 is 2.69 bits per heavy atom. The summed E-state index contributed by atoms with van der Waals surface area (Å²) in [4.78, 5) is 11.9. The number of ether oxygens (including phenoxy) is 2. The Morgan fingerprint density at radius 1 is 1.19 bits per heavy atom. The molecule has 0 saturated heterocycles. The van der Waals surface area contributed by atoms with Crippen LogP contribution < -0.4 is 9.47 Å². The summed E-state index contributed by atoms with van der Waals surface area (Å²) >= 11 is 0. The van der Waals surface area contributed by atoms with Gasteiger partial charge < -0.3 is 9.47 Å². The molecule has 0 spiro atoms. The van der Waals surface area contributed by atoms with E-state index in [1.54, 1.807) is 6.07 Å². The Hall–Kier alpha value is -1.51. The Labute approximate surface area is 94.4 Å². The van der Waals surface area contributed by atoms with Crippen molar-refractivity contribution < 1.29 is 14.3 Å². The second kappa shape index (κ2) is 3.81. The first-order valence-electron chi connectivity index (χ1n) is 5.76. The van der Waals surface area contributed by atoms with Crippen LogP contribution in [0.4, 0.5) is 0 Å². The van der Waals surface area contributed by atoms with Crippen LogP contribution in [0.15, 0.2) is 18.2 Å². The van der Waals surface area contributed by atoms with E-state index in [2.05, 4.69) is 0 Å². The minimum absolute atomic E-state index is 0.222. The zero-order valence-corrected chi connectivity index (χ0v) is 9.07. The lowest BCUT2D eigenvalue weighted by Gasteiger charge is -2.18. The molecule has 16 heavy (non-hydrogen) atoms. The summed E-state index contributed by atoms with van der Waals surface area (Å²) < 4.78 is 10.9. The maximum absolute atomic E-state index is 11.9. The standard InChI is InChI=1S/C13H14O3/c14-11(7-9-1-2-9)10-3-4-12-13(8-10)16-6-5-15-12/h3-4,8-9H,1-2,5-7H2. The highest BCUT2D eigenvalue weighted by atomic mass is 16.6. The molecule has 1 aromatic carbocycles. The number of carbonyl (C=O) groups excluding carboxylic acids is 1. The van der Waals surface area contributed by atoms with Gasteiger partial charge in [0, 0.05) is 12.0 Å². The number of hydrogen-bond acceptors (Lipinski definition) is 3. The molecule has 3 nitrogen and oxygen atoms in total. The first-order chi connectivity index (χ1) is 7.83. The molecule has 3 rings (SSSR count). The number of fused-ring (bicyclic) bond motifs is 1. The smallest absolute Gasteiger partial charge is 0.163 e. The summed E-state index contributed by atoms with van der Waals surface area (Å²) in [6.07, 6.45) is 3.09. The third-order valence-corrected chi connectivity index (χ3v) is 3.04. The van der Waals surface area contributed by atoms with E-state index >= 15 is 0 Å². The first kappa shape index (κ1) is 9.70. The van der Waals surface area contributed by atoms with Crippen molar-refractivity contribution in [3.05, 3.63) is 23.8 Å². The van der Waals surface area contributed by atoms with Gasteiger partial charge in [-0.25, -0.2) is 0 Å². The summed E-state index contributed by atoms with van der Waals surface area (Å²) in [6, 6.07) is 5.46. The van der Waals surface area contributed by atoms with Crippen molar-refractivity contribution in [3.8, 4) is 11.5 Å². The molecule has 2 aliphatic rings. The van der Waals surface area contributed by atoms with Gasteiger partial charge in [-0.3, -0.25) is 4.79 Å². The van der Waals surface area contributed by atoms with E-state index in [4.69, 9.17) is 9.47 Å². The van der Waals surface area contributed by atoms with E-state index in [0.29, 0.717) is 31.3 Å². The fourth-order valence-electron chi connectivity index (χ4n) is 1.92. The van der Waals surface area contributed by atoms with Crippen LogP contribution in [0.25, 0.3) is 0 Å². The van der Waals surface area contributed by atoms with Crippen LogP contribution in [0.2, 0.25) is 0 Å². The summed E-state index contributed by atoms with van der Waals surface area (Å²) in [5.41, 5.74) is 0.746. The predicted molar refractivity (Wildman–Crippen MR) is 59.1 cm³/mol. The summed E-state index contributed by atoms with van der Waals surface area (Å²) in [5, 5.41) is 0. The molecule has 0 amide bonds. The van der Waals surface area contributed by atoms with E-state index in [-0.39, 0.29) is 5.78 Å². The van der Waals surface area contributed by atoms with Gasteiger partial charge >= 0.3 is 0 Å². The zero-order valence-electron chi connectivity index (χ0n) is 9.07. The Morgan fingerprint density at radius 2 is 1.94 bits per heavy atom. The molecule has 0 radical (unpaired) electrons. The average Bonchev–Trinajstić information content (AvgIpc) is 3.12. The van der Waals surface area contributed by atoms with Crippen LogP contribution in [0.1, 0.15) is 29.6 Å². The molecule has 0 unspecified atom stereocenters. The molecule has 3 heteroatoms. The van der Waals surface area contributed by atoms with Gasteiger partial charge in [0.05, 0.1) is 0 Å². The van der Waals surface area contributed by atoms with Gasteiger partial charge in [-0.1, -0.05) is 0 Å². The lowest BCUT2D eigenvalue weighted by Crippen LogP contribution is -2.15. The summed E-state index contributed by atoms with van der Waals surface area (Å²) in [6.45, 7) is 1.15. The molecule has 1 aromatic rings. The molecule has 0 bridgehead atoms. The van der Waals surface area contributed by atoms with Crippen molar-refractivity contribution in [1.82, 2.24) is 0 Å². The SMILES string of the molecule is O=C(CC1CC1)c1ccc2c(c1)OCCO2. The Bertz CT molecular complexity index is 421. The molecule has 0 N–H and O–H groups in total. The molecular formula is C13H14O3. The van der Waals surface area contributed by atoms with Crippen molar-refractivity contribution in [1.29, 1.82) is 0 Å². The third kappa shape index (κ3) is 1.90. The predicted octanol–water partition coefficient (Wildman–Crippen LogP) is 2.44. The number of carbonyl (C=O) groups is 1.